The second-order valence-corrected chi connectivity index (χ2v) is 7.25. The maximum absolute atomic E-state index is 13.1. The zero-order chi connectivity index (χ0) is 17.4. The highest BCUT2D eigenvalue weighted by Gasteiger charge is 2.14. The summed E-state index contributed by atoms with van der Waals surface area (Å²) in [5.74, 6) is 0. The van der Waals surface area contributed by atoms with E-state index in [-0.39, 0.29) is 12.1 Å². The van der Waals surface area contributed by atoms with Crippen molar-refractivity contribution in [1.82, 2.24) is 9.55 Å². The normalized spacial score (nSPS) is 11.1. The molecule has 3 nitrogen and oxygen atoms in total. The van der Waals surface area contributed by atoms with E-state index in [2.05, 4.69) is 4.98 Å². The van der Waals surface area contributed by atoms with E-state index in [1.165, 1.54) is 11.3 Å². The zero-order valence-corrected chi connectivity index (χ0v) is 15.3. The molecular formula is C19H12Cl2N2OS. The van der Waals surface area contributed by atoms with Crippen molar-refractivity contribution in [3.05, 3.63) is 86.2 Å². The molecule has 0 saturated heterocycles. The maximum atomic E-state index is 13.1. The number of rotatable bonds is 3. The van der Waals surface area contributed by atoms with Crippen LogP contribution in [0.25, 0.3) is 21.3 Å². The third-order valence-electron chi connectivity index (χ3n) is 4.04. The molecule has 6 heteroatoms. The van der Waals surface area contributed by atoms with Crippen LogP contribution >= 0.6 is 34.5 Å². The summed E-state index contributed by atoms with van der Waals surface area (Å²) < 4.78 is 1.55. The second kappa shape index (κ2) is 6.64. The van der Waals surface area contributed by atoms with Crippen molar-refractivity contribution in [2.45, 2.75) is 6.54 Å². The minimum Gasteiger partial charge on any atom is -0.294 e. The average Bonchev–Trinajstić information content (AvgIpc) is 3.06. The molecule has 0 aliphatic carbocycles. The van der Waals surface area contributed by atoms with Crippen LogP contribution < -0.4 is 5.56 Å². The fourth-order valence-electron chi connectivity index (χ4n) is 2.76. The Labute approximate surface area is 158 Å². The van der Waals surface area contributed by atoms with Gasteiger partial charge in [0.1, 0.15) is 4.83 Å². The molecule has 124 valence electrons. The standard InChI is InChI=1S/C19H12Cl2N2OS/c20-15-7-4-8-16(21)13(15)9-23-11-22-18-17(19(23)24)14(10-25-18)12-5-2-1-3-6-12/h1-8,10-11H,9H2. The van der Waals surface area contributed by atoms with Gasteiger partial charge in [0.25, 0.3) is 5.56 Å². The van der Waals surface area contributed by atoms with Gasteiger partial charge in [-0.05, 0) is 17.7 Å². The van der Waals surface area contributed by atoms with E-state index in [1.54, 1.807) is 29.1 Å². The highest BCUT2D eigenvalue weighted by Crippen LogP contribution is 2.31. The fraction of sp³-hybridized carbons (Fsp3) is 0.0526. The monoisotopic (exact) mass is 386 g/mol. The third-order valence-corrected chi connectivity index (χ3v) is 5.63. The van der Waals surface area contributed by atoms with Crippen LogP contribution in [0.3, 0.4) is 0 Å². The first kappa shape index (κ1) is 16.3. The minimum absolute atomic E-state index is 0.0962. The summed E-state index contributed by atoms with van der Waals surface area (Å²) in [6.07, 6.45) is 1.55. The number of nitrogens with zero attached hydrogens (tertiary/aromatic N) is 2. The number of hydrogen-bond acceptors (Lipinski definition) is 3. The molecule has 0 fully saturated rings. The summed E-state index contributed by atoms with van der Waals surface area (Å²) in [5, 5.41) is 3.67. The molecule has 4 rings (SSSR count). The van der Waals surface area contributed by atoms with E-state index in [4.69, 9.17) is 23.2 Å². The van der Waals surface area contributed by atoms with E-state index in [0.29, 0.717) is 21.0 Å². The molecule has 2 aromatic carbocycles. The minimum atomic E-state index is -0.0962. The predicted molar refractivity (Wildman–Crippen MR) is 105 cm³/mol. The molecular weight excluding hydrogens is 375 g/mol. The number of hydrogen-bond donors (Lipinski definition) is 0. The summed E-state index contributed by atoms with van der Waals surface area (Å²) in [6.45, 7) is 0.282. The largest absolute Gasteiger partial charge is 0.294 e. The molecule has 0 aliphatic heterocycles. The Morgan fingerprint density at radius 3 is 2.44 bits per heavy atom. The number of aromatic nitrogens is 2. The highest BCUT2D eigenvalue weighted by molar-refractivity contribution is 7.17. The van der Waals surface area contributed by atoms with Gasteiger partial charge in [-0.15, -0.1) is 11.3 Å². The van der Waals surface area contributed by atoms with Gasteiger partial charge in [-0.2, -0.15) is 0 Å². The first-order chi connectivity index (χ1) is 12.1. The first-order valence-corrected chi connectivity index (χ1v) is 9.23. The molecule has 0 atom stereocenters. The van der Waals surface area contributed by atoms with Crippen LogP contribution in [-0.4, -0.2) is 9.55 Å². The Morgan fingerprint density at radius 1 is 1.00 bits per heavy atom. The van der Waals surface area contributed by atoms with Crippen LogP contribution in [0.2, 0.25) is 10.0 Å². The van der Waals surface area contributed by atoms with Crippen LogP contribution in [0.1, 0.15) is 5.56 Å². The van der Waals surface area contributed by atoms with Crippen molar-refractivity contribution in [2.24, 2.45) is 0 Å². The quantitative estimate of drug-likeness (QED) is 0.467. The predicted octanol–water partition coefficient (Wildman–Crippen LogP) is 5.48. The molecule has 0 aliphatic rings. The molecule has 2 heterocycles. The van der Waals surface area contributed by atoms with Crippen molar-refractivity contribution in [1.29, 1.82) is 0 Å². The Balaban J connectivity index is 1.87. The topological polar surface area (TPSA) is 34.9 Å². The molecule has 0 saturated carbocycles. The lowest BCUT2D eigenvalue weighted by Crippen LogP contribution is -2.21. The van der Waals surface area contributed by atoms with Gasteiger partial charge in [-0.3, -0.25) is 9.36 Å². The summed E-state index contributed by atoms with van der Waals surface area (Å²) in [7, 11) is 0. The van der Waals surface area contributed by atoms with Crippen LogP contribution in [0.4, 0.5) is 0 Å². The summed E-state index contributed by atoms with van der Waals surface area (Å²) in [6, 6.07) is 15.2. The molecule has 4 aromatic rings. The van der Waals surface area contributed by atoms with Crippen molar-refractivity contribution in [3.8, 4) is 11.1 Å². The van der Waals surface area contributed by atoms with Crippen LogP contribution in [0, 0.1) is 0 Å². The molecule has 0 radical (unpaired) electrons. The smallest absolute Gasteiger partial charge is 0.263 e. The molecule has 0 bridgehead atoms. The van der Waals surface area contributed by atoms with Gasteiger partial charge in [0.2, 0.25) is 0 Å². The van der Waals surface area contributed by atoms with E-state index in [9.17, 15) is 4.79 Å². The molecule has 25 heavy (non-hydrogen) atoms. The number of halogens is 2. The van der Waals surface area contributed by atoms with Crippen molar-refractivity contribution >= 4 is 44.8 Å². The Bertz CT molecular complexity index is 1100. The zero-order valence-electron chi connectivity index (χ0n) is 12.9. The van der Waals surface area contributed by atoms with E-state index >= 15 is 0 Å². The first-order valence-electron chi connectivity index (χ1n) is 7.60. The SMILES string of the molecule is O=c1c2c(-c3ccccc3)csc2ncn1Cc1c(Cl)cccc1Cl. The maximum Gasteiger partial charge on any atom is 0.263 e. The van der Waals surface area contributed by atoms with Gasteiger partial charge >= 0.3 is 0 Å². The average molecular weight is 387 g/mol. The third kappa shape index (κ3) is 2.97. The lowest BCUT2D eigenvalue weighted by molar-refractivity contribution is 0.750. The van der Waals surface area contributed by atoms with Gasteiger partial charge in [-0.1, -0.05) is 59.6 Å². The Kier molecular flexibility index (Phi) is 4.34. The van der Waals surface area contributed by atoms with Crippen molar-refractivity contribution in [3.63, 3.8) is 0 Å². The van der Waals surface area contributed by atoms with Gasteiger partial charge in [0, 0.05) is 26.6 Å². The summed E-state index contributed by atoms with van der Waals surface area (Å²) in [4.78, 5) is 18.2. The second-order valence-electron chi connectivity index (χ2n) is 5.57. The molecule has 0 N–H and O–H groups in total. The molecule has 2 aromatic heterocycles. The summed E-state index contributed by atoms with van der Waals surface area (Å²) >= 11 is 13.9. The van der Waals surface area contributed by atoms with E-state index < -0.39 is 0 Å². The van der Waals surface area contributed by atoms with E-state index in [1.807, 2.05) is 35.7 Å². The van der Waals surface area contributed by atoms with E-state index in [0.717, 1.165) is 16.0 Å². The number of benzene rings is 2. The number of thiophene rings is 1. The van der Waals surface area contributed by atoms with Crippen LogP contribution in [0.5, 0.6) is 0 Å². The van der Waals surface area contributed by atoms with Gasteiger partial charge in [-0.25, -0.2) is 4.98 Å². The van der Waals surface area contributed by atoms with Gasteiger partial charge in [0.15, 0.2) is 0 Å². The highest BCUT2D eigenvalue weighted by atomic mass is 35.5. The number of fused-ring (bicyclic) bond motifs is 1. The van der Waals surface area contributed by atoms with Crippen LogP contribution in [0.15, 0.2) is 65.0 Å². The fourth-order valence-corrected chi connectivity index (χ4v) is 4.19. The molecule has 0 spiro atoms. The molecule has 0 unspecified atom stereocenters. The van der Waals surface area contributed by atoms with Crippen molar-refractivity contribution in [2.75, 3.05) is 0 Å². The Hall–Kier alpha value is -2.14. The van der Waals surface area contributed by atoms with Crippen LogP contribution in [-0.2, 0) is 6.54 Å². The summed E-state index contributed by atoms with van der Waals surface area (Å²) in [5.41, 5.74) is 2.52. The van der Waals surface area contributed by atoms with Crippen molar-refractivity contribution < 1.29 is 0 Å². The van der Waals surface area contributed by atoms with Gasteiger partial charge in [0.05, 0.1) is 18.3 Å². The molecule has 0 amide bonds. The Morgan fingerprint density at radius 2 is 1.72 bits per heavy atom. The lowest BCUT2D eigenvalue weighted by Gasteiger charge is -2.09. The lowest BCUT2D eigenvalue weighted by atomic mass is 10.1. The van der Waals surface area contributed by atoms with Gasteiger partial charge < -0.3 is 0 Å².